The summed E-state index contributed by atoms with van der Waals surface area (Å²) in [5.41, 5.74) is 0.321. The highest BCUT2D eigenvalue weighted by Gasteiger charge is 2.52. The van der Waals surface area contributed by atoms with E-state index in [1.54, 1.807) is 24.3 Å². The molecule has 0 atom stereocenters. The Bertz CT molecular complexity index is 723. The van der Waals surface area contributed by atoms with Crippen molar-refractivity contribution in [3.05, 3.63) is 24.3 Å². The molecule has 0 unspecified atom stereocenters. The number of urea groups is 1. The van der Waals surface area contributed by atoms with Crippen molar-refractivity contribution in [2.75, 3.05) is 17.2 Å². The zero-order chi connectivity index (χ0) is 18.0. The first-order chi connectivity index (χ1) is 11.9. The van der Waals surface area contributed by atoms with Crippen molar-refractivity contribution in [3.8, 4) is 0 Å². The van der Waals surface area contributed by atoms with Crippen molar-refractivity contribution in [2.45, 2.75) is 38.1 Å². The van der Waals surface area contributed by atoms with Crippen LogP contribution in [0, 0.1) is 0 Å². The van der Waals surface area contributed by atoms with Crippen LogP contribution < -0.4 is 16.0 Å². The van der Waals surface area contributed by atoms with Crippen LogP contribution in [0.5, 0.6) is 0 Å². The largest absolute Gasteiger partial charge is 0.326 e. The third kappa shape index (κ3) is 3.47. The molecule has 8 nitrogen and oxygen atoms in total. The highest BCUT2D eigenvalue weighted by Crippen LogP contribution is 2.34. The maximum absolute atomic E-state index is 12.5. The molecule has 132 valence electrons. The highest BCUT2D eigenvalue weighted by atomic mass is 16.2. The standard InChI is InChI=1S/C17H20N4O4/c1-11(22)18-12-4-6-13(7-5-12)19-14(23)10-21-15(24)17(20-16(21)25)8-2-3-9-17/h4-7H,2-3,8-10H2,1H3,(H,18,22)(H,19,23)(H,20,25). The number of nitrogens with zero attached hydrogens (tertiary/aromatic N) is 1. The van der Waals surface area contributed by atoms with Gasteiger partial charge in [0.2, 0.25) is 11.8 Å². The second-order valence-electron chi connectivity index (χ2n) is 6.42. The lowest BCUT2D eigenvalue weighted by atomic mass is 9.98. The number of amides is 5. The molecule has 1 saturated carbocycles. The van der Waals surface area contributed by atoms with Crippen molar-refractivity contribution in [2.24, 2.45) is 0 Å². The van der Waals surface area contributed by atoms with Gasteiger partial charge in [0.25, 0.3) is 5.91 Å². The van der Waals surface area contributed by atoms with Crippen molar-refractivity contribution in [3.63, 3.8) is 0 Å². The third-order valence-electron chi connectivity index (χ3n) is 4.49. The Morgan fingerprint density at radius 2 is 1.64 bits per heavy atom. The van der Waals surface area contributed by atoms with Gasteiger partial charge in [0.15, 0.2) is 0 Å². The maximum Gasteiger partial charge on any atom is 0.325 e. The fraction of sp³-hybridized carbons (Fsp3) is 0.412. The van der Waals surface area contributed by atoms with Crippen LogP contribution >= 0.6 is 0 Å². The number of carbonyl (C=O) groups is 4. The maximum atomic E-state index is 12.5. The first-order valence-corrected chi connectivity index (χ1v) is 8.21. The van der Waals surface area contributed by atoms with Gasteiger partial charge < -0.3 is 16.0 Å². The Morgan fingerprint density at radius 3 is 2.20 bits per heavy atom. The Labute approximate surface area is 144 Å². The van der Waals surface area contributed by atoms with Gasteiger partial charge in [-0.25, -0.2) is 4.79 Å². The van der Waals surface area contributed by atoms with Gasteiger partial charge >= 0.3 is 6.03 Å². The molecule has 1 saturated heterocycles. The van der Waals surface area contributed by atoms with Crippen LogP contribution in [0.4, 0.5) is 16.2 Å². The molecule has 1 heterocycles. The Morgan fingerprint density at radius 1 is 1.08 bits per heavy atom. The molecule has 2 aliphatic rings. The molecule has 0 aromatic heterocycles. The predicted molar refractivity (Wildman–Crippen MR) is 90.8 cm³/mol. The number of nitrogens with one attached hydrogen (secondary N) is 3. The van der Waals surface area contributed by atoms with E-state index in [4.69, 9.17) is 0 Å². The summed E-state index contributed by atoms with van der Waals surface area (Å²) in [7, 11) is 0. The molecule has 1 spiro atoms. The second kappa shape index (κ2) is 6.54. The summed E-state index contributed by atoms with van der Waals surface area (Å²) >= 11 is 0. The Kier molecular flexibility index (Phi) is 4.43. The molecule has 1 aliphatic carbocycles. The molecule has 3 rings (SSSR count). The van der Waals surface area contributed by atoms with E-state index < -0.39 is 17.5 Å². The van der Waals surface area contributed by atoms with Crippen molar-refractivity contribution in [1.29, 1.82) is 0 Å². The first-order valence-electron chi connectivity index (χ1n) is 8.21. The SMILES string of the molecule is CC(=O)Nc1ccc(NC(=O)CN2C(=O)NC3(CCCC3)C2=O)cc1. The normalized spacial score (nSPS) is 18.4. The molecular formula is C17H20N4O4. The van der Waals surface area contributed by atoms with Crippen LogP contribution in [-0.4, -0.2) is 40.7 Å². The number of benzene rings is 1. The predicted octanol–water partition coefficient (Wildman–Crippen LogP) is 1.45. The van der Waals surface area contributed by atoms with E-state index >= 15 is 0 Å². The minimum Gasteiger partial charge on any atom is -0.326 e. The summed E-state index contributed by atoms with van der Waals surface area (Å²) in [6.07, 6.45) is 3.04. The minimum absolute atomic E-state index is 0.184. The van der Waals surface area contributed by atoms with E-state index in [9.17, 15) is 19.2 Å². The van der Waals surface area contributed by atoms with Gasteiger partial charge in [-0.1, -0.05) is 12.8 Å². The van der Waals surface area contributed by atoms with Crippen molar-refractivity contribution >= 4 is 35.1 Å². The number of hydrogen-bond donors (Lipinski definition) is 3. The van der Waals surface area contributed by atoms with Gasteiger partial charge in [0.05, 0.1) is 0 Å². The van der Waals surface area contributed by atoms with Crippen LogP contribution in [-0.2, 0) is 14.4 Å². The Balaban J connectivity index is 1.60. The van der Waals surface area contributed by atoms with Crippen molar-refractivity contribution in [1.82, 2.24) is 10.2 Å². The molecule has 5 amide bonds. The summed E-state index contributed by atoms with van der Waals surface area (Å²) in [6.45, 7) is 1.09. The molecule has 0 radical (unpaired) electrons. The van der Waals surface area contributed by atoms with E-state index in [-0.39, 0.29) is 18.4 Å². The van der Waals surface area contributed by atoms with Gasteiger partial charge in [-0.3, -0.25) is 19.3 Å². The topological polar surface area (TPSA) is 108 Å². The lowest BCUT2D eigenvalue weighted by Gasteiger charge is -2.19. The summed E-state index contributed by atoms with van der Waals surface area (Å²) in [5, 5.41) is 8.01. The number of hydrogen-bond acceptors (Lipinski definition) is 4. The summed E-state index contributed by atoms with van der Waals surface area (Å²) < 4.78 is 0. The van der Waals surface area contributed by atoms with Crippen LogP contribution in [0.25, 0.3) is 0 Å². The summed E-state index contributed by atoms with van der Waals surface area (Å²) in [4.78, 5) is 48.7. The van der Waals surface area contributed by atoms with Crippen LogP contribution in [0.15, 0.2) is 24.3 Å². The summed E-state index contributed by atoms with van der Waals surface area (Å²) in [6, 6.07) is 6.06. The summed E-state index contributed by atoms with van der Waals surface area (Å²) in [5.74, 6) is -0.951. The highest BCUT2D eigenvalue weighted by molar-refractivity contribution is 6.10. The fourth-order valence-electron chi connectivity index (χ4n) is 3.32. The second-order valence-corrected chi connectivity index (χ2v) is 6.42. The number of rotatable bonds is 4. The van der Waals surface area contributed by atoms with Gasteiger partial charge in [-0.2, -0.15) is 0 Å². The molecule has 1 aliphatic heterocycles. The van der Waals surface area contributed by atoms with Gasteiger partial charge in [0, 0.05) is 18.3 Å². The molecule has 2 fully saturated rings. The van der Waals surface area contributed by atoms with Crippen LogP contribution in [0.3, 0.4) is 0 Å². The van der Waals surface area contributed by atoms with Gasteiger partial charge in [0.1, 0.15) is 12.1 Å². The molecule has 0 bridgehead atoms. The fourth-order valence-corrected chi connectivity index (χ4v) is 3.32. The monoisotopic (exact) mass is 344 g/mol. The number of imide groups is 1. The van der Waals surface area contributed by atoms with E-state index in [1.165, 1.54) is 6.92 Å². The molecule has 1 aromatic carbocycles. The number of carbonyl (C=O) groups excluding carboxylic acids is 4. The van der Waals surface area contributed by atoms with E-state index in [0.29, 0.717) is 24.2 Å². The lowest BCUT2D eigenvalue weighted by Crippen LogP contribution is -2.44. The quantitative estimate of drug-likeness (QED) is 0.718. The van der Waals surface area contributed by atoms with Crippen LogP contribution in [0.1, 0.15) is 32.6 Å². The van der Waals surface area contributed by atoms with Gasteiger partial charge in [-0.15, -0.1) is 0 Å². The lowest BCUT2D eigenvalue weighted by molar-refractivity contribution is -0.133. The van der Waals surface area contributed by atoms with Crippen LogP contribution in [0.2, 0.25) is 0 Å². The number of anilines is 2. The average Bonchev–Trinajstić information content (AvgIpc) is 3.10. The first kappa shape index (κ1) is 16.9. The molecular weight excluding hydrogens is 324 g/mol. The average molecular weight is 344 g/mol. The van der Waals surface area contributed by atoms with Crippen molar-refractivity contribution < 1.29 is 19.2 Å². The smallest absolute Gasteiger partial charge is 0.325 e. The Hall–Kier alpha value is -2.90. The molecule has 25 heavy (non-hydrogen) atoms. The molecule has 1 aromatic rings. The molecule has 8 heteroatoms. The van der Waals surface area contributed by atoms with Gasteiger partial charge in [-0.05, 0) is 37.1 Å². The third-order valence-corrected chi connectivity index (χ3v) is 4.49. The molecule has 3 N–H and O–H groups in total. The zero-order valence-corrected chi connectivity index (χ0v) is 13.9. The van der Waals surface area contributed by atoms with E-state index in [0.717, 1.165) is 17.7 Å². The zero-order valence-electron chi connectivity index (χ0n) is 13.9. The van der Waals surface area contributed by atoms with E-state index in [2.05, 4.69) is 16.0 Å². The van der Waals surface area contributed by atoms with E-state index in [1.807, 2.05) is 0 Å². The minimum atomic E-state index is -0.808.